The van der Waals surface area contributed by atoms with Gasteiger partial charge in [-0.3, -0.25) is 4.57 Å². The van der Waals surface area contributed by atoms with E-state index in [1.165, 1.54) is 93.9 Å². The topological polar surface area (TPSA) is 22.8 Å². The molecule has 3 nitrogen and oxygen atoms in total. The van der Waals surface area contributed by atoms with Gasteiger partial charge < -0.3 is 4.57 Å². The lowest BCUT2D eigenvalue weighted by molar-refractivity contribution is 0.997. The fraction of sp³-hybridized carbons (Fsp3) is 0.128. The van der Waals surface area contributed by atoms with E-state index in [-0.39, 0.29) is 0 Å². The van der Waals surface area contributed by atoms with Crippen LogP contribution in [0.5, 0.6) is 0 Å². The van der Waals surface area contributed by atoms with Crippen LogP contribution in [0.25, 0.3) is 66.1 Å². The van der Waals surface area contributed by atoms with Gasteiger partial charge in [-0.05, 0) is 145 Å². The molecule has 50 heavy (non-hydrogen) atoms. The maximum absolute atomic E-state index is 4.83. The number of fused-ring (bicyclic) bond motifs is 7. The van der Waals surface area contributed by atoms with E-state index in [2.05, 4.69) is 158 Å². The first-order valence-corrected chi connectivity index (χ1v) is 17.6. The summed E-state index contributed by atoms with van der Waals surface area (Å²) >= 11 is 0. The molecule has 0 aliphatic heterocycles. The molecule has 7 aromatic carbocycles. The Kier molecular flexibility index (Phi) is 6.26. The van der Waals surface area contributed by atoms with Gasteiger partial charge in [0, 0.05) is 22.1 Å². The van der Waals surface area contributed by atoms with Gasteiger partial charge in [-0.25, -0.2) is 4.98 Å². The molecule has 0 N–H and O–H groups in total. The molecule has 2 aromatic heterocycles. The van der Waals surface area contributed by atoms with Crippen molar-refractivity contribution in [2.24, 2.45) is 0 Å². The predicted octanol–water partition coefficient (Wildman–Crippen LogP) is 11.7. The Morgan fingerprint density at radius 3 is 1.82 bits per heavy atom. The Morgan fingerprint density at radius 1 is 0.440 bits per heavy atom. The summed E-state index contributed by atoms with van der Waals surface area (Å²) in [5, 5.41) is 5.19. The van der Waals surface area contributed by atoms with Crippen LogP contribution >= 0.6 is 0 Å². The standard InChI is InChI=1S/C47H37N3/c1-28-5-12-45-42(18-28)43-19-29(2)6-13-46(43)50(45)41-11-8-33-21-36-22-38-24-40(10-7-32(38)20-37(36)23-39(33)25-41)49-27-48-44-26-34(9-14-47(44)49)35-16-30(3)15-31(4)17-35/h5-20,22,24-27H,21,23H2,1-4H3. The van der Waals surface area contributed by atoms with Crippen molar-refractivity contribution in [1.82, 2.24) is 14.1 Å². The highest BCUT2D eigenvalue weighted by Gasteiger charge is 2.19. The quantitative estimate of drug-likeness (QED) is 0.188. The fourth-order valence-corrected chi connectivity index (χ4v) is 8.43. The maximum atomic E-state index is 4.83. The van der Waals surface area contributed by atoms with E-state index in [0.717, 1.165) is 29.6 Å². The van der Waals surface area contributed by atoms with Crippen molar-refractivity contribution in [3.8, 4) is 22.5 Å². The summed E-state index contributed by atoms with van der Waals surface area (Å²) in [7, 11) is 0. The van der Waals surface area contributed by atoms with Gasteiger partial charge in [0.1, 0.15) is 6.33 Å². The summed E-state index contributed by atoms with van der Waals surface area (Å²) in [5.74, 6) is 0. The van der Waals surface area contributed by atoms with Crippen molar-refractivity contribution in [2.75, 3.05) is 0 Å². The lowest BCUT2D eigenvalue weighted by atomic mass is 9.84. The Labute approximate surface area is 292 Å². The summed E-state index contributed by atoms with van der Waals surface area (Å²) in [6, 6.07) is 45.8. The highest BCUT2D eigenvalue weighted by atomic mass is 15.0. The number of benzene rings is 7. The minimum absolute atomic E-state index is 0.945. The van der Waals surface area contributed by atoms with Gasteiger partial charge in [0.2, 0.25) is 0 Å². The number of aromatic nitrogens is 3. The van der Waals surface area contributed by atoms with E-state index in [0.29, 0.717) is 0 Å². The van der Waals surface area contributed by atoms with Crippen LogP contribution < -0.4 is 0 Å². The number of aryl methyl sites for hydroxylation is 4. The second-order valence-electron chi connectivity index (χ2n) is 14.5. The second-order valence-corrected chi connectivity index (χ2v) is 14.5. The molecular weight excluding hydrogens is 607 g/mol. The van der Waals surface area contributed by atoms with E-state index in [4.69, 9.17) is 4.98 Å². The average Bonchev–Trinajstić information content (AvgIpc) is 3.67. The average molecular weight is 644 g/mol. The number of hydrogen-bond acceptors (Lipinski definition) is 1. The molecule has 0 radical (unpaired) electrons. The van der Waals surface area contributed by atoms with E-state index in [9.17, 15) is 0 Å². The Hall–Kier alpha value is -5.93. The molecular formula is C47H37N3. The molecule has 2 heterocycles. The highest BCUT2D eigenvalue weighted by Crippen LogP contribution is 2.37. The number of nitrogens with zero attached hydrogens (tertiary/aromatic N) is 3. The van der Waals surface area contributed by atoms with Crippen LogP contribution in [0, 0.1) is 27.7 Å². The third-order valence-corrected chi connectivity index (χ3v) is 10.8. The van der Waals surface area contributed by atoms with E-state index in [1.807, 2.05) is 6.33 Å². The van der Waals surface area contributed by atoms with Crippen LogP contribution in [0.3, 0.4) is 0 Å². The molecule has 0 fully saturated rings. The zero-order valence-electron chi connectivity index (χ0n) is 28.9. The van der Waals surface area contributed by atoms with E-state index >= 15 is 0 Å². The van der Waals surface area contributed by atoms with Gasteiger partial charge in [-0.1, -0.05) is 82.9 Å². The maximum Gasteiger partial charge on any atom is 0.100 e. The third kappa shape index (κ3) is 4.61. The summed E-state index contributed by atoms with van der Waals surface area (Å²) in [6.07, 6.45) is 3.86. The van der Waals surface area contributed by atoms with E-state index in [1.54, 1.807) is 0 Å². The minimum atomic E-state index is 0.945. The first-order valence-electron chi connectivity index (χ1n) is 17.6. The third-order valence-electron chi connectivity index (χ3n) is 10.8. The number of hydrogen-bond donors (Lipinski definition) is 0. The zero-order valence-corrected chi connectivity index (χ0v) is 28.9. The fourth-order valence-electron chi connectivity index (χ4n) is 8.43. The SMILES string of the molecule is Cc1cc(C)cc(-c2ccc3c(c2)ncn3-c2ccc3cc4c(cc3c2)Cc2ccc(-n3c5ccc(C)cc5c5cc(C)ccc53)cc2C4)c1. The molecule has 9 aromatic rings. The lowest BCUT2D eigenvalue weighted by Gasteiger charge is -2.22. The zero-order chi connectivity index (χ0) is 33.7. The van der Waals surface area contributed by atoms with Crippen molar-refractivity contribution in [2.45, 2.75) is 40.5 Å². The predicted molar refractivity (Wildman–Crippen MR) is 209 cm³/mol. The molecule has 0 unspecified atom stereocenters. The van der Waals surface area contributed by atoms with Crippen molar-refractivity contribution < 1.29 is 0 Å². The van der Waals surface area contributed by atoms with Gasteiger partial charge in [-0.15, -0.1) is 0 Å². The number of imidazole rings is 1. The number of rotatable bonds is 3. The van der Waals surface area contributed by atoms with Crippen LogP contribution in [0.4, 0.5) is 0 Å². The Morgan fingerprint density at radius 2 is 1.08 bits per heavy atom. The van der Waals surface area contributed by atoms with Crippen LogP contribution in [0.2, 0.25) is 0 Å². The Balaban J connectivity index is 0.996. The van der Waals surface area contributed by atoms with Crippen LogP contribution in [0.15, 0.2) is 128 Å². The molecule has 0 atom stereocenters. The van der Waals surface area contributed by atoms with Gasteiger partial charge in [0.05, 0.1) is 22.1 Å². The second kappa shape index (κ2) is 10.8. The molecule has 1 aliphatic rings. The molecule has 240 valence electrons. The molecule has 1 aliphatic carbocycles. The minimum Gasteiger partial charge on any atom is -0.309 e. The largest absolute Gasteiger partial charge is 0.309 e. The van der Waals surface area contributed by atoms with Crippen LogP contribution in [-0.2, 0) is 12.8 Å². The molecule has 3 heteroatoms. The summed E-state index contributed by atoms with van der Waals surface area (Å²) in [4.78, 5) is 4.83. The molecule has 0 saturated heterocycles. The monoisotopic (exact) mass is 643 g/mol. The van der Waals surface area contributed by atoms with E-state index < -0.39 is 0 Å². The summed E-state index contributed by atoms with van der Waals surface area (Å²) in [5.41, 5.74) is 20.3. The molecule has 0 spiro atoms. The molecule has 0 amide bonds. The van der Waals surface area contributed by atoms with Gasteiger partial charge in [0.15, 0.2) is 0 Å². The van der Waals surface area contributed by atoms with Gasteiger partial charge >= 0.3 is 0 Å². The highest BCUT2D eigenvalue weighted by molar-refractivity contribution is 6.09. The normalized spacial score (nSPS) is 12.6. The summed E-state index contributed by atoms with van der Waals surface area (Å²) in [6.45, 7) is 8.68. The molecule has 10 rings (SSSR count). The van der Waals surface area contributed by atoms with Crippen LogP contribution in [0.1, 0.15) is 44.5 Å². The van der Waals surface area contributed by atoms with Crippen molar-refractivity contribution in [1.29, 1.82) is 0 Å². The van der Waals surface area contributed by atoms with Gasteiger partial charge in [-0.2, -0.15) is 0 Å². The van der Waals surface area contributed by atoms with Gasteiger partial charge in [0.25, 0.3) is 0 Å². The smallest absolute Gasteiger partial charge is 0.100 e. The molecule has 0 saturated carbocycles. The van der Waals surface area contributed by atoms with Crippen molar-refractivity contribution in [3.05, 3.63) is 172 Å². The van der Waals surface area contributed by atoms with Crippen LogP contribution in [-0.4, -0.2) is 14.1 Å². The lowest BCUT2D eigenvalue weighted by Crippen LogP contribution is -2.08. The Bertz CT molecular complexity index is 2780. The van der Waals surface area contributed by atoms with Crippen molar-refractivity contribution in [3.63, 3.8) is 0 Å². The first kappa shape index (κ1) is 29.0. The molecule has 0 bridgehead atoms. The summed E-state index contributed by atoms with van der Waals surface area (Å²) < 4.78 is 4.67. The first-order chi connectivity index (χ1) is 24.3. The van der Waals surface area contributed by atoms with Crippen molar-refractivity contribution >= 4 is 43.6 Å².